The summed E-state index contributed by atoms with van der Waals surface area (Å²) in [5, 5.41) is 0. The Morgan fingerprint density at radius 2 is 0.625 bits per heavy atom. The molecule has 3 atom stereocenters. The van der Waals surface area contributed by atoms with Gasteiger partial charge in [-0.3, -0.25) is 14.4 Å². The Morgan fingerprint density at radius 1 is 0.357 bits per heavy atom. The van der Waals surface area contributed by atoms with E-state index in [-0.39, 0.29) is 31.1 Å². The average molecular weight is 793 g/mol. The van der Waals surface area contributed by atoms with Gasteiger partial charge in [0.25, 0.3) is 0 Å². The lowest BCUT2D eigenvalue weighted by Crippen LogP contribution is -2.30. The van der Waals surface area contributed by atoms with Crippen LogP contribution in [0.1, 0.15) is 272 Å². The van der Waals surface area contributed by atoms with Gasteiger partial charge in [0.15, 0.2) is 6.10 Å². The number of unbranched alkanes of at least 4 members (excludes halogenated alkanes) is 27. The fourth-order valence-corrected chi connectivity index (χ4v) is 7.39. The van der Waals surface area contributed by atoms with E-state index in [1.165, 1.54) is 161 Å². The van der Waals surface area contributed by atoms with Crippen LogP contribution >= 0.6 is 0 Å². The highest BCUT2D eigenvalue weighted by Crippen LogP contribution is 2.18. The maximum Gasteiger partial charge on any atom is 0.306 e. The molecule has 0 aromatic rings. The zero-order chi connectivity index (χ0) is 41.2. The highest BCUT2D eigenvalue weighted by atomic mass is 16.6. The summed E-state index contributed by atoms with van der Waals surface area (Å²) >= 11 is 0. The van der Waals surface area contributed by atoms with Gasteiger partial charge in [-0.25, -0.2) is 0 Å². The van der Waals surface area contributed by atoms with E-state index in [0.29, 0.717) is 19.3 Å². The Labute approximate surface area is 348 Å². The first-order chi connectivity index (χ1) is 27.3. The van der Waals surface area contributed by atoms with Crippen LogP contribution in [0.3, 0.4) is 0 Å². The first-order valence-electron chi connectivity index (χ1n) is 24.8. The maximum atomic E-state index is 12.7. The fraction of sp³-hybridized carbons (Fsp3) is 0.940. The van der Waals surface area contributed by atoms with Gasteiger partial charge in [-0.1, -0.05) is 234 Å². The van der Waals surface area contributed by atoms with Crippen molar-refractivity contribution in [2.24, 2.45) is 11.8 Å². The van der Waals surface area contributed by atoms with Crippen molar-refractivity contribution in [3.05, 3.63) is 0 Å². The SMILES string of the molecule is CCCCCCCCCCCCCCCCCCCCC(=O)OC[C@H](COC(=O)CCCCCCCCC(C)CC)OC(=O)CCCCCCCCC(C)CC. The first kappa shape index (κ1) is 54.4. The quantitative estimate of drug-likeness (QED) is 0.0347. The molecule has 0 bridgehead atoms. The highest BCUT2D eigenvalue weighted by molar-refractivity contribution is 5.71. The van der Waals surface area contributed by atoms with Crippen LogP contribution in [0.25, 0.3) is 0 Å². The van der Waals surface area contributed by atoms with Crippen LogP contribution in [-0.2, 0) is 28.6 Å². The zero-order valence-electron chi connectivity index (χ0n) is 38.3. The first-order valence-corrected chi connectivity index (χ1v) is 24.8. The predicted molar refractivity (Wildman–Crippen MR) is 238 cm³/mol. The minimum atomic E-state index is -0.762. The Hall–Kier alpha value is -1.59. The topological polar surface area (TPSA) is 78.9 Å². The minimum Gasteiger partial charge on any atom is -0.462 e. The lowest BCUT2D eigenvalue weighted by molar-refractivity contribution is -0.167. The van der Waals surface area contributed by atoms with Gasteiger partial charge < -0.3 is 14.2 Å². The molecule has 0 N–H and O–H groups in total. The molecule has 0 radical (unpaired) electrons. The van der Waals surface area contributed by atoms with Crippen LogP contribution in [0.2, 0.25) is 0 Å². The average Bonchev–Trinajstić information content (AvgIpc) is 3.19. The van der Waals surface area contributed by atoms with Crippen molar-refractivity contribution in [1.82, 2.24) is 0 Å². The van der Waals surface area contributed by atoms with E-state index in [0.717, 1.165) is 69.6 Å². The molecule has 0 aliphatic rings. The van der Waals surface area contributed by atoms with Gasteiger partial charge in [-0.2, -0.15) is 0 Å². The molecule has 2 unspecified atom stereocenters. The molecule has 56 heavy (non-hydrogen) atoms. The molecular formula is C50H96O6. The van der Waals surface area contributed by atoms with E-state index in [4.69, 9.17) is 14.2 Å². The van der Waals surface area contributed by atoms with E-state index in [2.05, 4.69) is 34.6 Å². The summed E-state index contributed by atoms with van der Waals surface area (Å²) in [6.45, 7) is 11.3. The molecule has 0 saturated carbocycles. The van der Waals surface area contributed by atoms with E-state index in [1.54, 1.807) is 0 Å². The lowest BCUT2D eigenvalue weighted by atomic mass is 10.00. The molecule has 0 aliphatic carbocycles. The molecule has 6 heteroatoms. The predicted octanol–water partition coefficient (Wildman–Crippen LogP) is 15.8. The molecule has 0 aliphatic heterocycles. The van der Waals surface area contributed by atoms with E-state index < -0.39 is 6.10 Å². The van der Waals surface area contributed by atoms with Crippen LogP contribution in [0.4, 0.5) is 0 Å². The monoisotopic (exact) mass is 793 g/mol. The summed E-state index contributed by atoms with van der Waals surface area (Å²) in [7, 11) is 0. The van der Waals surface area contributed by atoms with Gasteiger partial charge in [-0.05, 0) is 31.1 Å². The smallest absolute Gasteiger partial charge is 0.306 e. The number of rotatable bonds is 44. The summed E-state index contributed by atoms with van der Waals surface area (Å²) in [6.07, 6.45) is 42.4. The molecule has 0 aromatic heterocycles. The van der Waals surface area contributed by atoms with Crippen LogP contribution in [0.5, 0.6) is 0 Å². The lowest BCUT2D eigenvalue weighted by Gasteiger charge is -2.18. The van der Waals surface area contributed by atoms with Crippen LogP contribution in [0, 0.1) is 11.8 Å². The number of carbonyl (C=O) groups excluding carboxylic acids is 3. The standard InChI is InChI=1S/C50H96O6/c1-6-9-10-11-12-13-14-15-16-17-18-19-20-21-22-23-30-35-40-48(51)54-43-47(56-50(53)42-37-32-27-25-29-34-39-46(5)8-3)44-55-49(52)41-36-31-26-24-28-33-38-45(4)7-2/h45-47H,6-44H2,1-5H3/t45?,46?,47-/m1/s1. The molecule has 0 rings (SSSR count). The Bertz CT molecular complexity index is 858. The van der Waals surface area contributed by atoms with Crippen LogP contribution < -0.4 is 0 Å². The third kappa shape index (κ3) is 40.6. The van der Waals surface area contributed by atoms with Crippen molar-refractivity contribution in [3.63, 3.8) is 0 Å². The highest BCUT2D eigenvalue weighted by Gasteiger charge is 2.19. The van der Waals surface area contributed by atoms with Crippen LogP contribution in [-0.4, -0.2) is 37.2 Å². The second-order valence-electron chi connectivity index (χ2n) is 17.6. The Balaban J connectivity index is 4.25. The molecule has 0 saturated heterocycles. The second-order valence-corrected chi connectivity index (χ2v) is 17.6. The third-order valence-corrected chi connectivity index (χ3v) is 11.9. The second kappa shape index (κ2) is 43.0. The maximum absolute atomic E-state index is 12.7. The Morgan fingerprint density at radius 3 is 0.929 bits per heavy atom. The number of hydrogen-bond donors (Lipinski definition) is 0. The normalized spacial score (nSPS) is 13.0. The van der Waals surface area contributed by atoms with Gasteiger partial charge in [-0.15, -0.1) is 0 Å². The van der Waals surface area contributed by atoms with E-state index in [1.807, 2.05) is 0 Å². The summed E-state index contributed by atoms with van der Waals surface area (Å²) in [5.74, 6) is 0.765. The van der Waals surface area contributed by atoms with Gasteiger partial charge >= 0.3 is 17.9 Å². The fourth-order valence-electron chi connectivity index (χ4n) is 7.39. The van der Waals surface area contributed by atoms with Crippen molar-refractivity contribution >= 4 is 17.9 Å². The number of carbonyl (C=O) groups is 3. The molecule has 0 aromatic carbocycles. The van der Waals surface area contributed by atoms with Gasteiger partial charge in [0.1, 0.15) is 13.2 Å². The molecule has 0 spiro atoms. The zero-order valence-corrected chi connectivity index (χ0v) is 38.3. The van der Waals surface area contributed by atoms with Crippen molar-refractivity contribution in [2.75, 3.05) is 13.2 Å². The molecule has 0 fully saturated rings. The van der Waals surface area contributed by atoms with Crippen molar-refractivity contribution < 1.29 is 28.6 Å². The van der Waals surface area contributed by atoms with Crippen LogP contribution in [0.15, 0.2) is 0 Å². The molecule has 332 valence electrons. The largest absolute Gasteiger partial charge is 0.462 e. The number of hydrogen-bond acceptors (Lipinski definition) is 6. The molecular weight excluding hydrogens is 697 g/mol. The number of ether oxygens (including phenoxy) is 3. The van der Waals surface area contributed by atoms with E-state index in [9.17, 15) is 14.4 Å². The third-order valence-electron chi connectivity index (χ3n) is 11.9. The van der Waals surface area contributed by atoms with E-state index >= 15 is 0 Å². The van der Waals surface area contributed by atoms with Gasteiger partial charge in [0.2, 0.25) is 0 Å². The van der Waals surface area contributed by atoms with Crippen molar-refractivity contribution in [3.8, 4) is 0 Å². The minimum absolute atomic E-state index is 0.0657. The van der Waals surface area contributed by atoms with Gasteiger partial charge in [0.05, 0.1) is 0 Å². The summed E-state index contributed by atoms with van der Waals surface area (Å²) < 4.78 is 16.7. The van der Waals surface area contributed by atoms with Crippen molar-refractivity contribution in [2.45, 2.75) is 278 Å². The molecule has 0 amide bonds. The summed E-state index contributed by atoms with van der Waals surface area (Å²) in [6, 6.07) is 0. The summed E-state index contributed by atoms with van der Waals surface area (Å²) in [4.78, 5) is 37.8. The summed E-state index contributed by atoms with van der Waals surface area (Å²) in [5.41, 5.74) is 0. The van der Waals surface area contributed by atoms with Crippen molar-refractivity contribution in [1.29, 1.82) is 0 Å². The molecule has 0 heterocycles. The number of esters is 3. The van der Waals surface area contributed by atoms with Gasteiger partial charge in [0, 0.05) is 19.3 Å². The Kier molecular flexibility index (Phi) is 41.8. The molecule has 6 nitrogen and oxygen atoms in total.